The molecular formula is C8H14BrN3O. The highest BCUT2D eigenvalue weighted by atomic mass is 79.9. The minimum atomic E-state index is -0.00102. The maximum Gasteiger partial charge on any atom is 0.328 e. The maximum atomic E-state index is 11.4. The van der Waals surface area contributed by atoms with E-state index in [-0.39, 0.29) is 5.69 Å². The van der Waals surface area contributed by atoms with Crippen molar-refractivity contribution in [3.05, 3.63) is 20.8 Å². The summed E-state index contributed by atoms with van der Waals surface area (Å²) < 4.78 is 4.10. The zero-order valence-corrected chi connectivity index (χ0v) is 9.47. The van der Waals surface area contributed by atoms with E-state index >= 15 is 0 Å². The van der Waals surface area contributed by atoms with Crippen LogP contribution in [0.5, 0.6) is 0 Å². The van der Waals surface area contributed by atoms with Crippen LogP contribution in [0.15, 0.2) is 9.40 Å². The average Bonchev–Trinajstić information content (AvgIpc) is 2.30. The first-order valence-electron chi connectivity index (χ1n) is 4.19. The second-order valence-corrected chi connectivity index (χ2v) is 3.78. The molecule has 13 heavy (non-hydrogen) atoms. The molecule has 1 heterocycles. The highest BCUT2D eigenvalue weighted by Crippen LogP contribution is 2.14. The number of hydrogen-bond donors (Lipinski definition) is 1. The summed E-state index contributed by atoms with van der Waals surface area (Å²) in [5.74, 6) is 0. The average molecular weight is 248 g/mol. The van der Waals surface area contributed by atoms with Crippen LogP contribution in [0.3, 0.4) is 0 Å². The molecule has 5 heteroatoms. The Morgan fingerprint density at radius 1 is 1.38 bits per heavy atom. The minimum absolute atomic E-state index is 0.00102. The normalized spacial score (nSPS) is 10.8. The van der Waals surface area contributed by atoms with Crippen LogP contribution in [-0.2, 0) is 20.5 Å². The summed E-state index contributed by atoms with van der Waals surface area (Å²) in [7, 11) is 3.53. The molecule has 74 valence electrons. The molecule has 2 N–H and O–H groups in total. The molecule has 0 aliphatic heterocycles. The molecule has 1 rings (SSSR count). The van der Waals surface area contributed by atoms with Crippen molar-refractivity contribution < 1.29 is 0 Å². The minimum Gasteiger partial charge on any atom is -0.330 e. The topological polar surface area (TPSA) is 52.9 Å². The Bertz CT molecular complexity index is 353. The highest BCUT2D eigenvalue weighted by Gasteiger charge is 2.11. The predicted octanol–water partition coefficient (Wildman–Crippen LogP) is 0.378. The number of halogens is 1. The summed E-state index contributed by atoms with van der Waals surface area (Å²) in [6, 6.07) is 0. The van der Waals surface area contributed by atoms with Crippen molar-refractivity contribution in [2.75, 3.05) is 6.54 Å². The molecule has 0 amide bonds. The van der Waals surface area contributed by atoms with E-state index in [9.17, 15) is 4.79 Å². The lowest BCUT2D eigenvalue weighted by atomic mass is 10.2. The van der Waals surface area contributed by atoms with Gasteiger partial charge in [0, 0.05) is 14.1 Å². The summed E-state index contributed by atoms with van der Waals surface area (Å²) >= 11 is 3.38. The molecule has 1 aromatic heterocycles. The standard InChI is InChI=1S/C8H14BrN3O/c1-11-6(4-3-5-10)7(9)12(2)8(11)13/h3-5,10H2,1-2H3. The van der Waals surface area contributed by atoms with Gasteiger partial charge in [0.15, 0.2) is 0 Å². The number of hydrogen-bond acceptors (Lipinski definition) is 2. The van der Waals surface area contributed by atoms with E-state index in [2.05, 4.69) is 15.9 Å². The van der Waals surface area contributed by atoms with Crippen LogP contribution < -0.4 is 11.4 Å². The smallest absolute Gasteiger partial charge is 0.328 e. The first-order chi connectivity index (χ1) is 6.09. The van der Waals surface area contributed by atoms with Crippen LogP contribution in [0.1, 0.15) is 12.1 Å². The summed E-state index contributed by atoms with van der Waals surface area (Å²) in [6.45, 7) is 0.648. The van der Waals surface area contributed by atoms with Crippen molar-refractivity contribution in [2.45, 2.75) is 12.8 Å². The molecule has 0 aliphatic rings. The van der Waals surface area contributed by atoms with Gasteiger partial charge in [-0.3, -0.25) is 9.13 Å². The summed E-state index contributed by atoms with van der Waals surface area (Å²) in [5, 5.41) is 0. The van der Waals surface area contributed by atoms with Crippen molar-refractivity contribution in [3.8, 4) is 0 Å². The highest BCUT2D eigenvalue weighted by molar-refractivity contribution is 9.10. The lowest BCUT2D eigenvalue weighted by Gasteiger charge is -2.00. The number of aromatic nitrogens is 2. The van der Waals surface area contributed by atoms with Gasteiger partial charge in [-0.15, -0.1) is 0 Å². The van der Waals surface area contributed by atoms with Crippen molar-refractivity contribution >= 4 is 15.9 Å². The Hall–Kier alpha value is -0.550. The second-order valence-electron chi connectivity index (χ2n) is 3.03. The molecular weight excluding hydrogens is 234 g/mol. The van der Waals surface area contributed by atoms with Crippen LogP contribution in [0.25, 0.3) is 0 Å². The Labute approximate surface area is 85.5 Å². The van der Waals surface area contributed by atoms with Crippen molar-refractivity contribution in [1.82, 2.24) is 9.13 Å². The molecule has 0 aromatic carbocycles. The molecule has 0 unspecified atom stereocenters. The fourth-order valence-electron chi connectivity index (χ4n) is 1.30. The molecule has 0 bridgehead atoms. The first-order valence-corrected chi connectivity index (χ1v) is 4.99. The molecule has 1 aromatic rings. The largest absolute Gasteiger partial charge is 0.330 e. The van der Waals surface area contributed by atoms with E-state index in [1.807, 2.05) is 0 Å². The van der Waals surface area contributed by atoms with E-state index in [1.165, 1.54) is 0 Å². The van der Waals surface area contributed by atoms with Crippen LogP contribution in [0, 0.1) is 0 Å². The van der Waals surface area contributed by atoms with Crippen LogP contribution in [-0.4, -0.2) is 15.7 Å². The van der Waals surface area contributed by atoms with Gasteiger partial charge >= 0.3 is 5.69 Å². The van der Waals surface area contributed by atoms with E-state index in [1.54, 1.807) is 23.2 Å². The molecule has 0 fully saturated rings. The van der Waals surface area contributed by atoms with E-state index < -0.39 is 0 Å². The van der Waals surface area contributed by atoms with E-state index in [0.717, 1.165) is 23.1 Å². The van der Waals surface area contributed by atoms with Crippen LogP contribution in [0.2, 0.25) is 0 Å². The van der Waals surface area contributed by atoms with E-state index in [4.69, 9.17) is 5.73 Å². The Kier molecular flexibility index (Phi) is 3.33. The fourth-order valence-corrected chi connectivity index (χ4v) is 1.91. The molecule has 0 saturated carbocycles. The van der Waals surface area contributed by atoms with Crippen LogP contribution in [0.4, 0.5) is 0 Å². The van der Waals surface area contributed by atoms with Gasteiger partial charge in [0.1, 0.15) is 4.60 Å². The number of nitrogens with two attached hydrogens (primary N) is 1. The van der Waals surface area contributed by atoms with Gasteiger partial charge in [-0.2, -0.15) is 0 Å². The molecule has 0 saturated heterocycles. The number of nitrogens with zero attached hydrogens (tertiary/aromatic N) is 2. The van der Waals surface area contributed by atoms with Crippen LogP contribution >= 0.6 is 15.9 Å². The zero-order chi connectivity index (χ0) is 10.0. The van der Waals surface area contributed by atoms with Gasteiger partial charge < -0.3 is 5.73 Å². The third kappa shape index (κ3) is 1.86. The quantitative estimate of drug-likeness (QED) is 0.840. The lowest BCUT2D eigenvalue weighted by molar-refractivity contribution is 0.724. The third-order valence-electron chi connectivity index (χ3n) is 2.13. The predicted molar refractivity (Wildman–Crippen MR) is 55.7 cm³/mol. The molecule has 0 atom stereocenters. The first kappa shape index (κ1) is 10.5. The molecule has 0 spiro atoms. The van der Waals surface area contributed by atoms with Gasteiger partial charge in [0.05, 0.1) is 5.69 Å². The zero-order valence-electron chi connectivity index (χ0n) is 7.88. The lowest BCUT2D eigenvalue weighted by Crippen LogP contribution is -2.20. The molecule has 4 nitrogen and oxygen atoms in total. The summed E-state index contributed by atoms with van der Waals surface area (Å²) in [6.07, 6.45) is 1.74. The Morgan fingerprint density at radius 2 is 2.00 bits per heavy atom. The van der Waals surface area contributed by atoms with Gasteiger partial charge in [0.25, 0.3) is 0 Å². The fraction of sp³-hybridized carbons (Fsp3) is 0.625. The van der Waals surface area contributed by atoms with Crippen molar-refractivity contribution in [3.63, 3.8) is 0 Å². The van der Waals surface area contributed by atoms with Gasteiger partial charge in [0.2, 0.25) is 0 Å². The maximum absolute atomic E-state index is 11.4. The van der Waals surface area contributed by atoms with Gasteiger partial charge in [-0.05, 0) is 35.3 Å². The summed E-state index contributed by atoms with van der Waals surface area (Å²) in [5.41, 5.74) is 6.42. The van der Waals surface area contributed by atoms with Crippen molar-refractivity contribution in [1.29, 1.82) is 0 Å². The van der Waals surface area contributed by atoms with Gasteiger partial charge in [-0.1, -0.05) is 0 Å². The summed E-state index contributed by atoms with van der Waals surface area (Å²) in [4.78, 5) is 11.4. The Morgan fingerprint density at radius 3 is 2.38 bits per heavy atom. The number of imidazole rings is 1. The van der Waals surface area contributed by atoms with Gasteiger partial charge in [-0.25, -0.2) is 4.79 Å². The van der Waals surface area contributed by atoms with Crippen molar-refractivity contribution in [2.24, 2.45) is 19.8 Å². The van der Waals surface area contributed by atoms with E-state index in [0.29, 0.717) is 6.54 Å². The monoisotopic (exact) mass is 247 g/mol. The third-order valence-corrected chi connectivity index (χ3v) is 3.12. The SMILES string of the molecule is Cn1c(Br)c(CCCN)n(C)c1=O. The Balaban J connectivity index is 3.06. The molecule has 0 radical (unpaired) electrons. The second kappa shape index (κ2) is 4.11. The number of rotatable bonds is 3. The molecule has 0 aliphatic carbocycles.